The molecule has 4 atom stereocenters. The predicted octanol–water partition coefficient (Wildman–Crippen LogP) is 1.68. The molecule has 1 heterocycles. The van der Waals surface area contributed by atoms with E-state index >= 15 is 0 Å². The molecule has 0 aromatic heterocycles. The Kier molecular flexibility index (Phi) is 4.41. The highest BCUT2D eigenvalue weighted by Gasteiger charge is 2.39. The molecule has 4 unspecified atom stereocenters. The van der Waals surface area contributed by atoms with Gasteiger partial charge in [0.1, 0.15) is 6.54 Å². The van der Waals surface area contributed by atoms with Crippen molar-refractivity contribution in [3.8, 4) is 0 Å². The van der Waals surface area contributed by atoms with Gasteiger partial charge in [0, 0.05) is 0 Å². The van der Waals surface area contributed by atoms with E-state index in [4.69, 9.17) is 9.47 Å². The molecule has 1 rings (SSSR count). The van der Waals surface area contributed by atoms with Gasteiger partial charge in [-0.05, 0) is 33.1 Å². The smallest absolute Gasteiger partial charge is 0.163 e. The minimum Gasteiger partial charge on any atom is -0.391 e. The number of hydrogen-bond donors (Lipinski definition) is 1. The highest BCUT2D eigenvalue weighted by molar-refractivity contribution is 4.81. The molecule has 1 saturated heterocycles. The second-order valence-electron chi connectivity index (χ2n) is 4.97. The average molecular weight is 231 g/mol. The number of nitrogens with zero attached hydrogens (tertiary/aromatic N) is 1. The van der Waals surface area contributed by atoms with Crippen molar-refractivity contribution < 1.29 is 14.6 Å². The van der Waals surface area contributed by atoms with E-state index in [9.17, 15) is 10.0 Å². The molecule has 0 aliphatic carbocycles. The Bertz CT molecular complexity index is 244. The van der Waals surface area contributed by atoms with Crippen LogP contribution in [0, 0.1) is 10.8 Å². The van der Waals surface area contributed by atoms with Crippen LogP contribution in [0.4, 0.5) is 0 Å². The normalized spacial score (nSPS) is 32.3. The van der Waals surface area contributed by atoms with Crippen LogP contribution in [-0.4, -0.2) is 35.8 Å². The van der Waals surface area contributed by atoms with Gasteiger partial charge in [0.2, 0.25) is 0 Å². The molecular formula is C11H21NO4. The van der Waals surface area contributed by atoms with Gasteiger partial charge < -0.3 is 14.6 Å². The molecule has 0 amide bonds. The molecule has 0 aromatic carbocycles. The zero-order chi connectivity index (χ0) is 12.3. The van der Waals surface area contributed by atoms with Crippen molar-refractivity contribution >= 4 is 0 Å². The van der Waals surface area contributed by atoms with Gasteiger partial charge in [-0.2, -0.15) is 4.91 Å². The Morgan fingerprint density at radius 1 is 1.44 bits per heavy atom. The zero-order valence-corrected chi connectivity index (χ0v) is 10.3. The quantitative estimate of drug-likeness (QED) is 0.731. The highest BCUT2D eigenvalue weighted by atomic mass is 16.7. The Morgan fingerprint density at radius 2 is 2.06 bits per heavy atom. The first-order chi connectivity index (χ1) is 7.35. The van der Waals surface area contributed by atoms with E-state index in [1.54, 1.807) is 0 Å². The first kappa shape index (κ1) is 13.5. The molecule has 1 fully saturated rings. The Hall–Kier alpha value is -0.520. The van der Waals surface area contributed by atoms with Crippen LogP contribution in [0.25, 0.3) is 0 Å². The first-order valence-corrected chi connectivity index (χ1v) is 5.68. The largest absolute Gasteiger partial charge is 0.391 e. The lowest BCUT2D eigenvalue weighted by Crippen LogP contribution is -2.29. The van der Waals surface area contributed by atoms with Crippen molar-refractivity contribution in [3.63, 3.8) is 0 Å². The fraction of sp³-hybridized carbons (Fsp3) is 1.00. The summed E-state index contributed by atoms with van der Waals surface area (Å²) in [6.07, 6.45) is -0.0569. The van der Waals surface area contributed by atoms with Gasteiger partial charge in [0.25, 0.3) is 0 Å². The van der Waals surface area contributed by atoms with Gasteiger partial charge in [-0.15, -0.1) is 0 Å². The van der Waals surface area contributed by atoms with Crippen molar-refractivity contribution in [2.45, 2.75) is 58.2 Å². The van der Waals surface area contributed by atoms with E-state index in [-0.39, 0.29) is 24.7 Å². The van der Waals surface area contributed by atoms with E-state index in [0.29, 0.717) is 6.42 Å². The van der Waals surface area contributed by atoms with Crippen molar-refractivity contribution in [1.29, 1.82) is 0 Å². The van der Waals surface area contributed by atoms with E-state index < -0.39 is 11.9 Å². The minimum absolute atomic E-state index is 0.00819. The van der Waals surface area contributed by atoms with Gasteiger partial charge in [-0.1, -0.05) is 12.1 Å². The highest BCUT2D eigenvalue weighted by Crippen LogP contribution is 2.31. The SMILES string of the molecule is CC(CC1OC(C)(C)OC1C)C(O)CN=O. The first-order valence-electron chi connectivity index (χ1n) is 5.68. The average Bonchev–Trinajstić information content (AvgIpc) is 2.40. The summed E-state index contributed by atoms with van der Waals surface area (Å²) in [5.41, 5.74) is 0. The van der Waals surface area contributed by atoms with E-state index in [2.05, 4.69) is 5.18 Å². The monoisotopic (exact) mass is 231 g/mol. The summed E-state index contributed by atoms with van der Waals surface area (Å²) < 4.78 is 11.3. The summed E-state index contributed by atoms with van der Waals surface area (Å²) in [5.74, 6) is -0.583. The molecule has 0 spiro atoms. The predicted molar refractivity (Wildman–Crippen MR) is 59.9 cm³/mol. The Morgan fingerprint density at radius 3 is 2.50 bits per heavy atom. The second kappa shape index (κ2) is 5.21. The zero-order valence-electron chi connectivity index (χ0n) is 10.3. The molecule has 94 valence electrons. The van der Waals surface area contributed by atoms with Crippen LogP contribution in [0.2, 0.25) is 0 Å². The van der Waals surface area contributed by atoms with Gasteiger partial charge in [-0.3, -0.25) is 0 Å². The molecule has 1 N–H and O–H groups in total. The fourth-order valence-corrected chi connectivity index (χ4v) is 2.03. The third kappa shape index (κ3) is 3.50. The van der Waals surface area contributed by atoms with Gasteiger partial charge in [-0.25, -0.2) is 0 Å². The number of aliphatic hydroxyl groups excluding tert-OH is 1. The van der Waals surface area contributed by atoms with Gasteiger partial charge in [0.15, 0.2) is 5.79 Å². The Balaban J connectivity index is 2.45. The van der Waals surface area contributed by atoms with Crippen molar-refractivity contribution in [2.75, 3.05) is 6.54 Å². The number of aliphatic hydroxyl groups is 1. The van der Waals surface area contributed by atoms with E-state index in [1.165, 1.54) is 0 Å². The summed E-state index contributed by atoms with van der Waals surface area (Å²) in [4.78, 5) is 10.1. The molecule has 5 nitrogen and oxygen atoms in total. The number of ether oxygens (including phenoxy) is 2. The van der Waals surface area contributed by atoms with Crippen LogP contribution >= 0.6 is 0 Å². The van der Waals surface area contributed by atoms with Crippen molar-refractivity contribution in [1.82, 2.24) is 0 Å². The lowest BCUT2D eigenvalue weighted by Gasteiger charge is -2.22. The molecule has 0 saturated carbocycles. The summed E-state index contributed by atoms with van der Waals surface area (Å²) in [6, 6.07) is 0. The van der Waals surface area contributed by atoms with Crippen LogP contribution in [0.5, 0.6) is 0 Å². The van der Waals surface area contributed by atoms with Crippen LogP contribution < -0.4 is 0 Å². The maximum absolute atomic E-state index is 10.1. The maximum Gasteiger partial charge on any atom is 0.163 e. The molecule has 16 heavy (non-hydrogen) atoms. The number of nitroso groups, excluding NO2 is 1. The minimum atomic E-state index is -0.697. The van der Waals surface area contributed by atoms with Crippen molar-refractivity contribution in [3.05, 3.63) is 4.91 Å². The fourth-order valence-electron chi connectivity index (χ4n) is 2.03. The van der Waals surface area contributed by atoms with E-state index in [0.717, 1.165) is 0 Å². The third-order valence-corrected chi connectivity index (χ3v) is 2.95. The molecule has 5 heteroatoms. The van der Waals surface area contributed by atoms with Gasteiger partial charge >= 0.3 is 0 Å². The molecule has 0 radical (unpaired) electrons. The van der Waals surface area contributed by atoms with Crippen LogP contribution in [0.1, 0.15) is 34.1 Å². The van der Waals surface area contributed by atoms with E-state index in [1.807, 2.05) is 27.7 Å². The topological polar surface area (TPSA) is 68.1 Å². The van der Waals surface area contributed by atoms with Crippen LogP contribution in [-0.2, 0) is 9.47 Å². The lowest BCUT2D eigenvalue weighted by atomic mass is 9.95. The second-order valence-corrected chi connectivity index (χ2v) is 4.97. The summed E-state index contributed by atoms with van der Waals surface area (Å²) in [5, 5.41) is 12.3. The summed E-state index contributed by atoms with van der Waals surface area (Å²) >= 11 is 0. The number of rotatable bonds is 5. The summed E-state index contributed by atoms with van der Waals surface area (Å²) in [7, 11) is 0. The molecular weight excluding hydrogens is 210 g/mol. The number of hydrogen-bond acceptors (Lipinski definition) is 5. The Labute approximate surface area is 96.1 Å². The maximum atomic E-state index is 10.1. The third-order valence-electron chi connectivity index (χ3n) is 2.95. The van der Waals surface area contributed by atoms with Gasteiger partial charge in [0.05, 0.1) is 18.3 Å². The van der Waals surface area contributed by atoms with Crippen LogP contribution in [0.15, 0.2) is 5.18 Å². The lowest BCUT2D eigenvalue weighted by molar-refractivity contribution is -0.146. The molecule has 1 aliphatic heterocycles. The van der Waals surface area contributed by atoms with Crippen LogP contribution in [0.3, 0.4) is 0 Å². The summed E-state index contributed by atoms with van der Waals surface area (Å²) in [6.45, 7) is 7.52. The standard InChI is InChI=1S/C11H21NO4/c1-7(9(13)6-12-14)5-10-8(2)15-11(3,4)16-10/h7-10,13H,5-6H2,1-4H3. The molecule has 0 aromatic rings. The van der Waals surface area contributed by atoms with Crippen molar-refractivity contribution in [2.24, 2.45) is 11.1 Å². The molecule has 1 aliphatic rings. The molecule has 0 bridgehead atoms.